The van der Waals surface area contributed by atoms with Gasteiger partial charge in [0.05, 0.1) is 5.69 Å². The van der Waals surface area contributed by atoms with Gasteiger partial charge in [-0.2, -0.15) is 0 Å². The topological polar surface area (TPSA) is 69.7 Å². The quantitative estimate of drug-likeness (QED) is 0.785. The molecule has 4 amide bonds. The smallest absolute Gasteiger partial charge is 0.326 e. The van der Waals surface area contributed by atoms with E-state index in [0.29, 0.717) is 24.2 Å². The summed E-state index contributed by atoms with van der Waals surface area (Å²) < 4.78 is 0. The number of carbonyl (C=O) groups excluding carboxylic acids is 3. The zero-order valence-electron chi connectivity index (χ0n) is 11.3. The highest BCUT2D eigenvalue weighted by molar-refractivity contribution is 6.21. The number of fused-ring (bicyclic) bond motifs is 1. The molecule has 1 aromatic carbocycles. The Morgan fingerprint density at radius 2 is 1.95 bits per heavy atom. The molecular formula is C14H15N3O3. The maximum atomic E-state index is 12.1. The van der Waals surface area contributed by atoms with E-state index in [-0.39, 0.29) is 17.8 Å². The van der Waals surface area contributed by atoms with E-state index in [4.69, 9.17) is 0 Å². The number of anilines is 2. The van der Waals surface area contributed by atoms with Gasteiger partial charge in [0.2, 0.25) is 5.91 Å². The van der Waals surface area contributed by atoms with Gasteiger partial charge in [0.15, 0.2) is 0 Å². The van der Waals surface area contributed by atoms with E-state index in [1.165, 1.54) is 4.90 Å². The molecule has 1 saturated heterocycles. The summed E-state index contributed by atoms with van der Waals surface area (Å²) in [6.45, 7) is 1.69. The van der Waals surface area contributed by atoms with Crippen molar-refractivity contribution in [3.63, 3.8) is 0 Å². The normalized spacial score (nSPS) is 22.1. The minimum absolute atomic E-state index is 0.0424. The molecule has 3 rings (SSSR count). The molecule has 0 aliphatic carbocycles. The Balaban J connectivity index is 1.99. The van der Waals surface area contributed by atoms with E-state index in [1.54, 1.807) is 26.1 Å². The molecule has 104 valence electrons. The highest BCUT2D eigenvalue weighted by Gasteiger charge is 2.41. The van der Waals surface area contributed by atoms with E-state index in [1.807, 2.05) is 6.07 Å². The van der Waals surface area contributed by atoms with Crippen molar-refractivity contribution < 1.29 is 14.4 Å². The van der Waals surface area contributed by atoms with Crippen molar-refractivity contribution in [1.82, 2.24) is 4.90 Å². The summed E-state index contributed by atoms with van der Waals surface area (Å²) in [6.07, 6.45) is 1.15. The predicted molar refractivity (Wildman–Crippen MR) is 73.5 cm³/mol. The van der Waals surface area contributed by atoms with Crippen molar-refractivity contribution >= 4 is 29.2 Å². The Hall–Kier alpha value is -2.37. The molecule has 1 fully saturated rings. The van der Waals surface area contributed by atoms with Crippen molar-refractivity contribution in [2.45, 2.75) is 25.8 Å². The fourth-order valence-electron chi connectivity index (χ4n) is 2.51. The molecule has 1 atom stereocenters. The molecule has 0 radical (unpaired) electrons. The number of hydrogen-bond donors (Lipinski definition) is 1. The number of benzene rings is 1. The van der Waals surface area contributed by atoms with Gasteiger partial charge in [0.25, 0.3) is 5.91 Å². The molecule has 6 nitrogen and oxygen atoms in total. The van der Waals surface area contributed by atoms with E-state index in [2.05, 4.69) is 5.32 Å². The Labute approximate surface area is 116 Å². The fraction of sp³-hybridized carbons (Fsp3) is 0.357. The molecule has 20 heavy (non-hydrogen) atoms. The monoisotopic (exact) mass is 273 g/mol. The van der Waals surface area contributed by atoms with Crippen LogP contribution in [-0.2, 0) is 16.0 Å². The van der Waals surface area contributed by atoms with Gasteiger partial charge in [0, 0.05) is 19.2 Å². The second kappa shape index (κ2) is 4.33. The van der Waals surface area contributed by atoms with E-state index >= 15 is 0 Å². The van der Waals surface area contributed by atoms with Crippen LogP contribution >= 0.6 is 0 Å². The first kappa shape index (κ1) is 12.7. The van der Waals surface area contributed by atoms with Gasteiger partial charge in [-0.15, -0.1) is 0 Å². The molecule has 0 unspecified atom stereocenters. The number of nitrogens with one attached hydrogen (secondary N) is 1. The van der Waals surface area contributed by atoms with Gasteiger partial charge in [-0.1, -0.05) is 6.07 Å². The summed E-state index contributed by atoms with van der Waals surface area (Å²) in [6, 6.07) is 4.48. The van der Waals surface area contributed by atoms with Crippen molar-refractivity contribution in [3.8, 4) is 0 Å². The molecule has 2 aliphatic heterocycles. The molecule has 1 aromatic rings. The molecule has 6 heteroatoms. The van der Waals surface area contributed by atoms with Crippen LogP contribution in [0.3, 0.4) is 0 Å². The molecule has 2 aliphatic rings. The van der Waals surface area contributed by atoms with Crippen LogP contribution in [0.25, 0.3) is 0 Å². The number of imide groups is 1. The number of urea groups is 1. The van der Waals surface area contributed by atoms with Crippen molar-refractivity contribution in [2.24, 2.45) is 0 Å². The lowest BCUT2D eigenvalue weighted by atomic mass is 10.0. The molecule has 0 aromatic heterocycles. The van der Waals surface area contributed by atoms with Gasteiger partial charge >= 0.3 is 6.03 Å². The summed E-state index contributed by atoms with van der Waals surface area (Å²) in [4.78, 5) is 38.2. The number of amides is 4. The molecule has 0 spiro atoms. The highest BCUT2D eigenvalue weighted by atomic mass is 16.2. The predicted octanol–water partition coefficient (Wildman–Crippen LogP) is 1.36. The Morgan fingerprint density at radius 1 is 1.20 bits per heavy atom. The number of aryl methyl sites for hydroxylation is 1. The second-order valence-electron chi connectivity index (χ2n) is 5.13. The Morgan fingerprint density at radius 3 is 2.60 bits per heavy atom. The lowest BCUT2D eigenvalue weighted by Gasteiger charge is -2.20. The van der Waals surface area contributed by atoms with Gasteiger partial charge in [-0.05, 0) is 31.0 Å². The standard InChI is InChI=1S/C14H15N3O3/c1-8-13(19)17(14(20)16(8)2)10-5-3-9-4-6-12(18)15-11(9)7-10/h3,5,7-8H,4,6H2,1-2H3,(H,15,18)/t8-/m1/s1. The first-order chi connectivity index (χ1) is 9.49. The molecule has 2 heterocycles. The van der Waals surface area contributed by atoms with Crippen molar-refractivity contribution in [3.05, 3.63) is 23.8 Å². The summed E-state index contributed by atoms with van der Waals surface area (Å²) >= 11 is 0. The van der Waals surface area contributed by atoms with Crippen LogP contribution in [0.5, 0.6) is 0 Å². The van der Waals surface area contributed by atoms with Crippen LogP contribution < -0.4 is 10.2 Å². The molecular weight excluding hydrogens is 258 g/mol. The molecule has 0 bridgehead atoms. The average Bonchev–Trinajstić information content (AvgIpc) is 2.62. The fourth-order valence-corrected chi connectivity index (χ4v) is 2.51. The third kappa shape index (κ3) is 1.76. The first-order valence-electron chi connectivity index (χ1n) is 6.52. The third-order valence-electron chi connectivity index (χ3n) is 3.90. The number of hydrogen-bond acceptors (Lipinski definition) is 3. The maximum absolute atomic E-state index is 12.1. The largest absolute Gasteiger partial charge is 0.331 e. The van der Waals surface area contributed by atoms with Crippen LogP contribution in [0.15, 0.2) is 18.2 Å². The summed E-state index contributed by atoms with van der Waals surface area (Å²) in [5, 5.41) is 2.77. The highest BCUT2D eigenvalue weighted by Crippen LogP contribution is 2.30. The van der Waals surface area contributed by atoms with Gasteiger partial charge in [0.1, 0.15) is 6.04 Å². The van der Waals surface area contributed by atoms with Crippen molar-refractivity contribution in [1.29, 1.82) is 0 Å². The Bertz CT molecular complexity index is 606. The van der Waals surface area contributed by atoms with Crippen LogP contribution in [0.4, 0.5) is 16.2 Å². The van der Waals surface area contributed by atoms with E-state index in [0.717, 1.165) is 10.5 Å². The van der Waals surface area contributed by atoms with Crippen LogP contribution in [-0.4, -0.2) is 35.8 Å². The summed E-state index contributed by atoms with van der Waals surface area (Å²) in [5.41, 5.74) is 2.20. The summed E-state index contributed by atoms with van der Waals surface area (Å²) in [5.74, 6) is -0.293. The van der Waals surface area contributed by atoms with Crippen molar-refractivity contribution in [2.75, 3.05) is 17.3 Å². The lowest BCUT2D eigenvalue weighted by Crippen LogP contribution is -2.31. The van der Waals surface area contributed by atoms with Crippen LogP contribution in [0, 0.1) is 0 Å². The summed E-state index contributed by atoms with van der Waals surface area (Å²) in [7, 11) is 1.60. The van der Waals surface area contributed by atoms with Crippen LogP contribution in [0.2, 0.25) is 0 Å². The number of likely N-dealkylation sites (N-methyl/N-ethyl adjacent to an activating group) is 1. The number of carbonyl (C=O) groups is 3. The van der Waals surface area contributed by atoms with Gasteiger partial charge in [-0.25, -0.2) is 9.69 Å². The minimum atomic E-state index is -0.465. The minimum Gasteiger partial charge on any atom is -0.326 e. The zero-order valence-corrected chi connectivity index (χ0v) is 11.3. The third-order valence-corrected chi connectivity index (χ3v) is 3.90. The van der Waals surface area contributed by atoms with Crippen LogP contribution in [0.1, 0.15) is 18.9 Å². The van der Waals surface area contributed by atoms with E-state index < -0.39 is 6.04 Å². The number of nitrogens with zero attached hydrogens (tertiary/aromatic N) is 2. The second-order valence-corrected chi connectivity index (χ2v) is 5.13. The maximum Gasteiger partial charge on any atom is 0.331 e. The molecule has 0 saturated carbocycles. The Kier molecular flexibility index (Phi) is 2.74. The SMILES string of the molecule is C[C@@H]1C(=O)N(c2ccc3c(c2)NC(=O)CC3)C(=O)N1C. The van der Waals surface area contributed by atoms with Gasteiger partial charge < -0.3 is 10.2 Å². The molecule has 1 N–H and O–H groups in total. The first-order valence-corrected chi connectivity index (χ1v) is 6.52. The van der Waals surface area contributed by atoms with Gasteiger partial charge in [-0.3, -0.25) is 9.59 Å². The average molecular weight is 273 g/mol. The van der Waals surface area contributed by atoms with E-state index in [9.17, 15) is 14.4 Å². The zero-order chi connectivity index (χ0) is 14.4. The lowest BCUT2D eigenvalue weighted by molar-refractivity contribution is -0.119. The number of rotatable bonds is 1.